The number of benzene rings is 1. The summed E-state index contributed by atoms with van der Waals surface area (Å²) in [5.74, 6) is 1.45. The van der Waals surface area contributed by atoms with Crippen LogP contribution in [-0.2, 0) is 0 Å². The van der Waals surface area contributed by atoms with Gasteiger partial charge in [-0.25, -0.2) is 0 Å². The molecule has 0 amide bonds. The summed E-state index contributed by atoms with van der Waals surface area (Å²) in [4.78, 5) is 0. The van der Waals surface area contributed by atoms with Gasteiger partial charge in [0, 0.05) is 6.04 Å². The van der Waals surface area contributed by atoms with E-state index >= 15 is 0 Å². The molecule has 4 N–H and O–H groups in total. The highest BCUT2D eigenvalue weighted by atomic mass is 79.9. The Hall–Kier alpha value is -0.490. The lowest BCUT2D eigenvalue weighted by atomic mass is 10.0. The van der Waals surface area contributed by atoms with E-state index in [2.05, 4.69) is 15.9 Å². The smallest absolute Gasteiger partial charge is 0.137 e. The average Bonchev–Trinajstić information content (AvgIpc) is 2.36. The van der Waals surface area contributed by atoms with Crippen LogP contribution >= 0.6 is 28.3 Å². The number of halogens is 2. The fourth-order valence-corrected chi connectivity index (χ4v) is 2.16. The second-order valence-electron chi connectivity index (χ2n) is 3.78. The molecule has 0 bridgehead atoms. The van der Waals surface area contributed by atoms with E-state index in [4.69, 9.17) is 20.9 Å². The number of hydrogen-bond acceptors (Lipinski definition) is 4. The fraction of sp³-hybridized carbons (Fsp3) is 0.500. The standard InChI is InChI=1S/C12H19BrN2O2.ClH/c1-16-10-6-8(9(15)4-3-5-14)7-11(17-2)12(10)13;/h6-7,9H,3-5,14-15H2,1-2H3;1H/t9-;/m1./s1. The first-order valence-electron chi connectivity index (χ1n) is 5.51. The van der Waals surface area contributed by atoms with Gasteiger partial charge in [0.15, 0.2) is 0 Å². The molecule has 1 rings (SSSR count). The molecule has 0 unspecified atom stereocenters. The molecular weight excluding hydrogens is 320 g/mol. The molecule has 1 aromatic carbocycles. The summed E-state index contributed by atoms with van der Waals surface area (Å²) in [5, 5.41) is 0. The summed E-state index contributed by atoms with van der Waals surface area (Å²) >= 11 is 3.43. The van der Waals surface area contributed by atoms with E-state index in [1.807, 2.05) is 12.1 Å². The molecule has 0 radical (unpaired) electrons. The molecule has 104 valence electrons. The van der Waals surface area contributed by atoms with E-state index in [0.717, 1.165) is 34.4 Å². The molecule has 0 heterocycles. The Balaban J connectivity index is 0.00000289. The number of nitrogens with two attached hydrogens (primary N) is 2. The Bertz CT molecular complexity index is 352. The predicted molar refractivity (Wildman–Crippen MR) is 79.7 cm³/mol. The van der Waals surface area contributed by atoms with E-state index in [-0.39, 0.29) is 18.4 Å². The molecule has 0 aliphatic rings. The van der Waals surface area contributed by atoms with Gasteiger partial charge in [-0.3, -0.25) is 0 Å². The van der Waals surface area contributed by atoms with Crippen molar-refractivity contribution in [2.45, 2.75) is 18.9 Å². The first kappa shape index (κ1) is 17.5. The van der Waals surface area contributed by atoms with Gasteiger partial charge in [0.05, 0.1) is 14.2 Å². The summed E-state index contributed by atoms with van der Waals surface area (Å²) in [6.07, 6.45) is 1.76. The lowest BCUT2D eigenvalue weighted by Gasteiger charge is -2.16. The first-order valence-corrected chi connectivity index (χ1v) is 6.30. The molecule has 0 fully saturated rings. The van der Waals surface area contributed by atoms with Gasteiger partial charge in [0.1, 0.15) is 16.0 Å². The van der Waals surface area contributed by atoms with Gasteiger partial charge in [-0.15, -0.1) is 12.4 Å². The number of hydrogen-bond donors (Lipinski definition) is 2. The Morgan fingerprint density at radius 3 is 2.11 bits per heavy atom. The van der Waals surface area contributed by atoms with Gasteiger partial charge < -0.3 is 20.9 Å². The lowest BCUT2D eigenvalue weighted by Crippen LogP contribution is -2.13. The highest BCUT2D eigenvalue weighted by Crippen LogP contribution is 2.37. The SMILES string of the molecule is COc1cc([C@H](N)CCCN)cc(OC)c1Br.Cl. The third kappa shape index (κ3) is 4.31. The van der Waals surface area contributed by atoms with Crippen LogP contribution in [0.4, 0.5) is 0 Å². The van der Waals surface area contributed by atoms with E-state index in [9.17, 15) is 0 Å². The third-order valence-corrected chi connectivity index (χ3v) is 3.40. The number of methoxy groups -OCH3 is 2. The van der Waals surface area contributed by atoms with Crippen LogP contribution in [0.5, 0.6) is 11.5 Å². The second-order valence-corrected chi connectivity index (χ2v) is 4.57. The molecule has 1 atom stereocenters. The maximum absolute atomic E-state index is 6.10. The van der Waals surface area contributed by atoms with Gasteiger partial charge in [0.25, 0.3) is 0 Å². The van der Waals surface area contributed by atoms with Crippen molar-refractivity contribution in [3.05, 3.63) is 22.2 Å². The van der Waals surface area contributed by atoms with Crippen molar-refractivity contribution in [1.29, 1.82) is 0 Å². The fourth-order valence-electron chi connectivity index (χ4n) is 1.61. The summed E-state index contributed by atoms with van der Waals surface area (Å²) in [5.41, 5.74) is 12.6. The maximum Gasteiger partial charge on any atom is 0.137 e. The Morgan fingerprint density at radius 1 is 1.22 bits per heavy atom. The molecular formula is C12H20BrClN2O2. The minimum Gasteiger partial charge on any atom is -0.495 e. The van der Waals surface area contributed by atoms with Crippen molar-refractivity contribution in [3.8, 4) is 11.5 Å². The first-order chi connectivity index (χ1) is 8.13. The second kappa shape index (κ2) is 8.58. The van der Waals surface area contributed by atoms with Crippen LogP contribution in [-0.4, -0.2) is 20.8 Å². The highest BCUT2D eigenvalue weighted by molar-refractivity contribution is 9.10. The van der Waals surface area contributed by atoms with Crippen LogP contribution in [0.15, 0.2) is 16.6 Å². The van der Waals surface area contributed by atoms with Crippen LogP contribution in [0.2, 0.25) is 0 Å². The summed E-state index contributed by atoms with van der Waals surface area (Å²) in [6, 6.07) is 3.80. The Labute approximate surface area is 123 Å². The number of ether oxygens (including phenoxy) is 2. The molecule has 0 aliphatic carbocycles. The topological polar surface area (TPSA) is 70.5 Å². The van der Waals surface area contributed by atoms with Gasteiger partial charge in [-0.05, 0) is 53.0 Å². The van der Waals surface area contributed by atoms with Crippen molar-refractivity contribution < 1.29 is 9.47 Å². The third-order valence-electron chi connectivity index (χ3n) is 2.62. The van der Waals surface area contributed by atoms with Crippen molar-refractivity contribution in [3.63, 3.8) is 0 Å². The summed E-state index contributed by atoms with van der Waals surface area (Å²) < 4.78 is 11.4. The molecule has 4 nitrogen and oxygen atoms in total. The minimum atomic E-state index is -0.0468. The van der Waals surface area contributed by atoms with Crippen LogP contribution < -0.4 is 20.9 Å². The zero-order valence-corrected chi connectivity index (χ0v) is 13.0. The van der Waals surface area contributed by atoms with Gasteiger partial charge in [-0.2, -0.15) is 0 Å². The molecule has 0 spiro atoms. The molecule has 0 aromatic heterocycles. The van der Waals surface area contributed by atoms with Gasteiger partial charge in [0.2, 0.25) is 0 Å². The maximum atomic E-state index is 6.10. The molecule has 0 saturated carbocycles. The molecule has 0 saturated heterocycles. The Morgan fingerprint density at radius 2 is 1.72 bits per heavy atom. The van der Waals surface area contributed by atoms with Crippen molar-refractivity contribution >= 4 is 28.3 Å². The van der Waals surface area contributed by atoms with Crippen molar-refractivity contribution in [2.75, 3.05) is 20.8 Å². The number of rotatable bonds is 6. The van der Waals surface area contributed by atoms with Crippen molar-refractivity contribution in [2.24, 2.45) is 11.5 Å². The predicted octanol–water partition coefficient (Wildman–Crippen LogP) is 2.63. The monoisotopic (exact) mass is 338 g/mol. The highest BCUT2D eigenvalue weighted by Gasteiger charge is 2.13. The zero-order valence-electron chi connectivity index (χ0n) is 10.6. The summed E-state index contributed by atoms with van der Waals surface area (Å²) in [7, 11) is 3.24. The van der Waals surface area contributed by atoms with Gasteiger partial charge >= 0.3 is 0 Å². The molecule has 0 aliphatic heterocycles. The normalized spacial score (nSPS) is 11.6. The quantitative estimate of drug-likeness (QED) is 0.836. The van der Waals surface area contributed by atoms with E-state index in [1.54, 1.807) is 14.2 Å². The Kier molecular flexibility index (Phi) is 8.35. The van der Waals surface area contributed by atoms with Crippen LogP contribution in [0, 0.1) is 0 Å². The van der Waals surface area contributed by atoms with Gasteiger partial charge in [-0.1, -0.05) is 0 Å². The van der Waals surface area contributed by atoms with Crippen LogP contribution in [0.3, 0.4) is 0 Å². The van der Waals surface area contributed by atoms with Crippen LogP contribution in [0.1, 0.15) is 24.4 Å². The largest absolute Gasteiger partial charge is 0.495 e. The molecule has 1 aromatic rings. The molecule has 18 heavy (non-hydrogen) atoms. The lowest BCUT2D eigenvalue weighted by molar-refractivity contribution is 0.387. The van der Waals surface area contributed by atoms with E-state index < -0.39 is 0 Å². The average molecular weight is 340 g/mol. The van der Waals surface area contributed by atoms with Crippen molar-refractivity contribution in [1.82, 2.24) is 0 Å². The zero-order chi connectivity index (χ0) is 12.8. The summed E-state index contributed by atoms with van der Waals surface area (Å²) in [6.45, 7) is 0.651. The van der Waals surface area contributed by atoms with E-state index in [0.29, 0.717) is 6.54 Å². The van der Waals surface area contributed by atoms with E-state index in [1.165, 1.54) is 0 Å². The minimum absolute atomic E-state index is 0. The van der Waals surface area contributed by atoms with Crippen LogP contribution in [0.25, 0.3) is 0 Å². The molecule has 6 heteroatoms.